The summed E-state index contributed by atoms with van der Waals surface area (Å²) in [6.45, 7) is 0. The van der Waals surface area contributed by atoms with Gasteiger partial charge >= 0.3 is 0 Å². The molecular formula is C9H9IN4O2S2. The Hall–Kier alpha value is -0.830. The Labute approximate surface area is 123 Å². The molecule has 0 saturated heterocycles. The minimum Gasteiger partial charge on any atom is -0.271 e. The Bertz CT molecular complexity index is 622. The van der Waals surface area contributed by atoms with Gasteiger partial charge in [-0.3, -0.25) is 5.32 Å². The van der Waals surface area contributed by atoms with Gasteiger partial charge in [0, 0.05) is 3.57 Å². The van der Waals surface area contributed by atoms with Crippen molar-refractivity contribution in [1.82, 2.24) is 5.32 Å². The second-order valence-corrected chi connectivity index (χ2v) is 6.59. The topological polar surface area (TPSA) is 108 Å². The zero-order valence-electron chi connectivity index (χ0n) is 9.21. The highest BCUT2D eigenvalue weighted by molar-refractivity contribution is 14.1. The Kier molecular flexibility index (Phi) is 5.39. The molecule has 0 aliphatic rings. The molecule has 0 aliphatic heterocycles. The van der Waals surface area contributed by atoms with Crippen LogP contribution in [0.5, 0.6) is 0 Å². The predicted molar refractivity (Wildman–Crippen MR) is 79.9 cm³/mol. The van der Waals surface area contributed by atoms with Crippen LogP contribution >= 0.6 is 34.4 Å². The molecule has 0 fully saturated rings. The van der Waals surface area contributed by atoms with Crippen molar-refractivity contribution in [3.8, 4) is 6.19 Å². The summed E-state index contributed by atoms with van der Waals surface area (Å²) in [5.74, 6) is 0. The number of primary sulfonamides is 1. The van der Waals surface area contributed by atoms with Crippen molar-refractivity contribution < 1.29 is 8.42 Å². The van der Waals surface area contributed by atoms with Gasteiger partial charge in [0.2, 0.25) is 10.0 Å². The lowest BCUT2D eigenvalue weighted by Crippen LogP contribution is -2.15. The second-order valence-electron chi connectivity index (χ2n) is 3.01. The first kappa shape index (κ1) is 15.2. The first-order valence-corrected chi connectivity index (χ1v) is 8.33. The molecule has 0 bridgehead atoms. The number of aliphatic imine (C=N–C) groups is 1. The summed E-state index contributed by atoms with van der Waals surface area (Å²) in [5, 5.41) is 16.3. The van der Waals surface area contributed by atoms with E-state index in [0.29, 0.717) is 5.17 Å². The standard InChI is InChI=1S/C9H9IN4O2S2/c1-17-9(13-5-11)14-7-3-2-6(10)4-8(7)18(12,15)16/h2-4H,1H3,(H,13,14)(H2,12,15,16). The molecule has 0 saturated carbocycles. The van der Waals surface area contributed by atoms with Crippen LogP contribution in [0.1, 0.15) is 0 Å². The van der Waals surface area contributed by atoms with E-state index in [1.54, 1.807) is 18.5 Å². The van der Waals surface area contributed by atoms with Gasteiger partial charge in [-0.1, -0.05) is 11.8 Å². The summed E-state index contributed by atoms with van der Waals surface area (Å²) in [6, 6.07) is 4.67. The number of hydrogen-bond acceptors (Lipinski definition) is 5. The molecule has 9 heteroatoms. The Morgan fingerprint density at radius 3 is 2.78 bits per heavy atom. The van der Waals surface area contributed by atoms with Gasteiger partial charge in [0.15, 0.2) is 11.4 Å². The number of rotatable bonds is 2. The molecule has 0 atom stereocenters. The van der Waals surface area contributed by atoms with Gasteiger partial charge in [-0.2, -0.15) is 5.26 Å². The molecule has 6 nitrogen and oxygen atoms in total. The maximum atomic E-state index is 11.4. The minimum atomic E-state index is -3.86. The van der Waals surface area contributed by atoms with E-state index in [2.05, 4.69) is 10.3 Å². The number of nitrogens with two attached hydrogens (primary N) is 1. The average molecular weight is 396 g/mol. The number of amidine groups is 1. The van der Waals surface area contributed by atoms with Gasteiger partial charge in [-0.05, 0) is 47.0 Å². The molecule has 1 rings (SSSR count). The number of nitriles is 1. The van der Waals surface area contributed by atoms with Gasteiger partial charge in [-0.15, -0.1) is 0 Å². The average Bonchev–Trinajstić information content (AvgIpc) is 2.29. The Balaban J connectivity index is 3.38. The maximum Gasteiger partial charge on any atom is 0.240 e. The number of benzene rings is 1. The van der Waals surface area contributed by atoms with Crippen molar-refractivity contribution in [2.24, 2.45) is 10.1 Å². The number of sulfonamides is 1. The van der Waals surface area contributed by atoms with Crippen LogP contribution in [-0.2, 0) is 10.0 Å². The van der Waals surface area contributed by atoms with Gasteiger partial charge in [0.1, 0.15) is 4.90 Å². The summed E-state index contributed by atoms with van der Waals surface area (Å²) >= 11 is 3.17. The van der Waals surface area contributed by atoms with Crippen LogP contribution in [-0.4, -0.2) is 19.8 Å². The first-order valence-electron chi connectivity index (χ1n) is 4.48. The van der Waals surface area contributed by atoms with E-state index in [1.165, 1.54) is 23.9 Å². The summed E-state index contributed by atoms with van der Waals surface area (Å²) < 4.78 is 23.6. The van der Waals surface area contributed by atoms with Crippen molar-refractivity contribution in [1.29, 1.82) is 5.26 Å². The third-order valence-corrected chi connectivity index (χ3v) is 4.00. The van der Waals surface area contributed by atoms with E-state index < -0.39 is 10.0 Å². The molecule has 3 N–H and O–H groups in total. The molecule has 0 aromatic heterocycles. The fourth-order valence-electron chi connectivity index (χ4n) is 1.09. The molecular weight excluding hydrogens is 387 g/mol. The van der Waals surface area contributed by atoms with Crippen LogP contribution in [0.2, 0.25) is 0 Å². The number of nitrogens with zero attached hydrogens (tertiary/aromatic N) is 2. The zero-order chi connectivity index (χ0) is 13.8. The van der Waals surface area contributed by atoms with Gasteiger partial charge < -0.3 is 0 Å². The van der Waals surface area contributed by atoms with E-state index in [-0.39, 0.29) is 10.6 Å². The highest BCUT2D eigenvalue weighted by Gasteiger charge is 2.14. The van der Waals surface area contributed by atoms with Crippen LogP contribution in [0.3, 0.4) is 0 Å². The van der Waals surface area contributed by atoms with Crippen LogP contribution in [0.25, 0.3) is 0 Å². The third-order valence-electron chi connectivity index (χ3n) is 1.81. The van der Waals surface area contributed by atoms with Crippen LogP contribution in [0.15, 0.2) is 28.1 Å². The lowest BCUT2D eigenvalue weighted by atomic mass is 10.3. The second kappa shape index (κ2) is 6.37. The van der Waals surface area contributed by atoms with Gasteiger partial charge in [0.25, 0.3) is 0 Å². The highest BCUT2D eigenvalue weighted by atomic mass is 127. The lowest BCUT2D eigenvalue weighted by Gasteiger charge is -2.05. The molecule has 18 heavy (non-hydrogen) atoms. The smallest absolute Gasteiger partial charge is 0.240 e. The summed E-state index contributed by atoms with van der Waals surface area (Å²) in [7, 11) is -3.86. The summed E-state index contributed by atoms with van der Waals surface area (Å²) in [4.78, 5) is 3.99. The number of hydrogen-bond donors (Lipinski definition) is 2. The fourth-order valence-corrected chi connectivity index (χ4v) is 2.83. The Morgan fingerprint density at radius 1 is 1.61 bits per heavy atom. The van der Waals surface area contributed by atoms with E-state index in [1.807, 2.05) is 22.6 Å². The molecule has 0 spiro atoms. The highest BCUT2D eigenvalue weighted by Crippen LogP contribution is 2.26. The maximum absolute atomic E-state index is 11.4. The normalized spacial score (nSPS) is 12.0. The van der Waals surface area contributed by atoms with Crippen LogP contribution < -0.4 is 10.5 Å². The molecule has 0 unspecified atom stereocenters. The number of thioether (sulfide) groups is 1. The number of nitrogens with one attached hydrogen (secondary N) is 1. The molecule has 96 valence electrons. The van der Waals surface area contributed by atoms with E-state index >= 15 is 0 Å². The minimum absolute atomic E-state index is 0.0688. The molecule has 0 amide bonds. The van der Waals surface area contributed by atoms with E-state index in [0.717, 1.165) is 3.57 Å². The van der Waals surface area contributed by atoms with Crippen molar-refractivity contribution in [2.45, 2.75) is 4.90 Å². The number of halogens is 1. The molecule has 0 radical (unpaired) electrons. The Morgan fingerprint density at radius 2 is 2.28 bits per heavy atom. The summed E-state index contributed by atoms with van der Waals surface area (Å²) in [6.07, 6.45) is 3.44. The quantitative estimate of drug-likeness (QED) is 0.258. The van der Waals surface area contributed by atoms with E-state index in [4.69, 9.17) is 10.4 Å². The van der Waals surface area contributed by atoms with Crippen molar-refractivity contribution in [2.75, 3.05) is 6.26 Å². The lowest BCUT2D eigenvalue weighted by molar-refractivity contribution is 0.598. The van der Waals surface area contributed by atoms with E-state index in [9.17, 15) is 8.42 Å². The van der Waals surface area contributed by atoms with Crippen LogP contribution in [0, 0.1) is 15.0 Å². The molecule has 0 heterocycles. The van der Waals surface area contributed by atoms with Crippen molar-refractivity contribution in [3.63, 3.8) is 0 Å². The molecule has 1 aromatic carbocycles. The van der Waals surface area contributed by atoms with Crippen LogP contribution in [0.4, 0.5) is 5.69 Å². The third kappa shape index (κ3) is 4.13. The fraction of sp³-hybridized carbons (Fsp3) is 0.111. The SMILES string of the molecule is CSC(=Nc1ccc(I)cc1S(N)(=O)=O)NC#N. The zero-order valence-corrected chi connectivity index (χ0v) is 13.0. The monoisotopic (exact) mass is 396 g/mol. The summed E-state index contributed by atoms with van der Waals surface area (Å²) in [5.41, 5.74) is 0.199. The predicted octanol–water partition coefficient (Wildman–Crippen LogP) is 1.36. The van der Waals surface area contributed by atoms with Gasteiger partial charge in [0.05, 0.1) is 5.69 Å². The first-order chi connectivity index (χ1) is 8.38. The largest absolute Gasteiger partial charge is 0.271 e. The molecule has 0 aliphatic carbocycles. The van der Waals surface area contributed by atoms with Crippen molar-refractivity contribution in [3.05, 3.63) is 21.8 Å². The molecule has 1 aromatic rings. The van der Waals surface area contributed by atoms with Crippen molar-refractivity contribution >= 4 is 55.2 Å². The van der Waals surface area contributed by atoms with Gasteiger partial charge in [-0.25, -0.2) is 18.5 Å².